The molecular weight excluding hydrogens is 460 g/mol. The number of carbonyl (C=O) groups excluding carboxylic acids is 1. The van der Waals surface area contributed by atoms with Crippen molar-refractivity contribution in [2.24, 2.45) is 17.3 Å². The third-order valence-corrected chi connectivity index (χ3v) is 8.38. The van der Waals surface area contributed by atoms with Crippen molar-refractivity contribution < 1.29 is 19.7 Å². The predicted molar refractivity (Wildman–Crippen MR) is 150 cm³/mol. The lowest BCUT2D eigenvalue weighted by Gasteiger charge is -2.42. The zero-order valence-corrected chi connectivity index (χ0v) is 23.4. The minimum Gasteiger partial charge on any atom is -0.506 e. The van der Waals surface area contributed by atoms with Crippen LogP contribution in [0.3, 0.4) is 0 Å². The number of allylic oxidation sites excluding steroid dienone is 6. The molecule has 37 heavy (non-hydrogen) atoms. The van der Waals surface area contributed by atoms with Crippen LogP contribution in [0.5, 0.6) is 0 Å². The van der Waals surface area contributed by atoms with E-state index in [9.17, 15) is 15.0 Å². The number of aliphatic hydroxyl groups is 2. The van der Waals surface area contributed by atoms with Crippen LogP contribution in [0, 0.1) is 17.3 Å². The molecule has 4 heteroatoms. The number of rotatable bonds is 6. The summed E-state index contributed by atoms with van der Waals surface area (Å²) in [6.07, 6.45) is 7.78. The van der Waals surface area contributed by atoms with Gasteiger partial charge in [-0.3, -0.25) is 4.79 Å². The normalized spacial score (nSPS) is 27.7. The van der Waals surface area contributed by atoms with Gasteiger partial charge in [-0.25, -0.2) is 0 Å². The van der Waals surface area contributed by atoms with E-state index in [0.717, 1.165) is 29.6 Å². The average molecular weight is 503 g/mol. The van der Waals surface area contributed by atoms with Gasteiger partial charge in [0.1, 0.15) is 22.7 Å². The van der Waals surface area contributed by atoms with Gasteiger partial charge < -0.3 is 14.9 Å². The first-order valence-corrected chi connectivity index (χ1v) is 13.5. The third-order valence-electron chi connectivity index (χ3n) is 8.38. The van der Waals surface area contributed by atoms with E-state index in [-0.39, 0.29) is 23.0 Å². The molecule has 0 saturated carbocycles. The van der Waals surface area contributed by atoms with Gasteiger partial charge >= 0.3 is 0 Å². The number of ether oxygens (including phenoxy) is 1. The molecule has 2 aliphatic carbocycles. The Bertz CT molecular complexity index is 1200. The molecule has 0 spiro atoms. The lowest BCUT2D eigenvalue weighted by Crippen LogP contribution is -2.49. The highest BCUT2D eigenvalue weighted by Gasteiger charge is 2.60. The van der Waals surface area contributed by atoms with Crippen LogP contribution in [0.1, 0.15) is 79.7 Å². The van der Waals surface area contributed by atoms with E-state index in [4.69, 9.17) is 4.74 Å². The van der Waals surface area contributed by atoms with E-state index in [1.165, 1.54) is 5.57 Å². The van der Waals surface area contributed by atoms with Crippen LogP contribution < -0.4 is 0 Å². The highest BCUT2D eigenvalue weighted by molar-refractivity contribution is 6.10. The lowest BCUT2D eigenvalue weighted by molar-refractivity contribution is -0.131. The maximum Gasteiger partial charge on any atom is 0.180 e. The Morgan fingerprint density at radius 1 is 1.08 bits per heavy atom. The highest BCUT2D eigenvalue weighted by Crippen LogP contribution is 2.58. The summed E-state index contributed by atoms with van der Waals surface area (Å²) in [6.45, 7) is 14.5. The van der Waals surface area contributed by atoms with Gasteiger partial charge in [-0.05, 0) is 66.2 Å². The van der Waals surface area contributed by atoms with Gasteiger partial charge in [-0.1, -0.05) is 79.1 Å². The van der Waals surface area contributed by atoms with Crippen molar-refractivity contribution >= 4 is 11.5 Å². The monoisotopic (exact) mass is 502 g/mol. The highest BCUT2D eigenvalue weighted by atomic mass is 16.5. The number of ketones is 1. The van der Waals surface area contributed by atoms with Gasteiger partial charge in [0.25, 0.3) is 0 Å². The fourth-order valence-electron chi connectivity index (χ4n) is 5.95. The van der Waals surface area contributed by atoms with Crippen molar-refractivity contribution in [3.63, 3.8) is 0 Å². The number of Topliss-reactive ketones (excluding diaryl/α,β-unsaturated/α-hetero) is 1. The van der Waals surface area contributed by atoms with Crippen LogP contribution in [0.4, 0.5) is 0 Å². The van der Waals surface area contributed by atoms with Crippen LogP contribution in [-0.2, 0) is 9.53 Å². The molecule has 0 saturated heterocycles. The maximum absolute atomic E-state index is 14.6. The molecule has 0 bridgehead atoms. The van der Waals surface area contributed by atoms with Crippen molar-refractivity contribution in [3.8, 4) is 0 Å². The molecule has 198 valence electrons. The molecule has 1 aromatic rings. The number of aliphatic hydroxyl groups excluding tert-OH is 2. The number of hydrogen-bond acceptors (Lipinski definition) is 4. The SMILES string of the molecule is CC(C)=CCC1(CC=C(C)C)C(=O)/C(=C(/O)c2ccccc2)C2=C(C1O)[C@H]1C=C(C(C)C)CC[C@@]1(C)O2. The van der Waals surface area contributed by atoms with Gasteiger partial charge in [0.2, 0.25) is 0 Å². The molecule has 0 fully saturated rings. The molecule has 3 aliphatic rings. The Hall–Kier alpha value is -2.85. The van der Waals surface area contributed by atoms with Crippen LogP contribution >= 0.6 is 0 Å². The minimum absolute atomic E-state index is 0.0842. The molecule has 4 nitrogen and oxygen atoms in total. The Balaban J connectivity index is 2.03. The molecule has 1 aliphatic heterocycles. The zero-order valence-electron chi connectivity index (χ0n) is 23.4. The van der Waals surface area contributed by atoms with E-state index < -0.39 is 17.1 Å². The number of benzene rings is 1. The van der Waals surface area contributed by atoms with Crippen molar-refractivity contribution in [1.82, 2.24) is 0 Å². The summed E-state index contributed by atoms with van der Waals surface area (Å²) in [5, 5.41) is 23.8. The van der Waals surface area contributed by atoms with E-state index in [2.05, 4.69) is 26.8 Å². The summed E-state index contributed by atoms with van der Waals surface area (Å²) in [4.78, 5) is 14.6. The van der Waals surface area contributed by atoms with E-state index in [1.54, 1.807) is 12.1 Å². The number of hydrogen-bond donors (Lipinski definition) is 2. The van der Waals surface area contributed by atoms with Gasteiger partial charge in [-0.15, -0.1) is 0 Å². The molecule has 0 amide bonds. The Labute approximate surface area is 222 Å². The lowest BCUT2D eigenvalue weighted by atomic mass is 9.60. The molecule has 3 atom stereocenters. The molecule has 1 unspecified atom stereocenters. The Morgan fingerprint density at radius 2 is 1.68 bits per heavy atom. The molecule has 1 aromatic carbocycles. The van der Waals surface area contributed by atoms with Gasteiger partial charge in [0.05, 0.1) is 11.5 Å². The molecule has 4 rings (SSSR count). The fourth-order valence-corrected chi connectivity index (χ4v) is 5.95. The summed E-state index contributed by atoms with van der Waals surface area (Å²) in [5.41, 5.74) is 3.31. The first kappa shape index (κ1) is 27.2. The smallest absolute Gasteiger partial charge is 0.180 e. The molecule has 0 radical (unpaired) electrons. The minimum atomic E-state index is -1.14. The van der Waals surface area contributed by atoms with Gasteiger partial charge in [-0.2, -0.15) is 0 Å². The standard InChI is InChI=1S/C33H42O4/c1-20(2)13-17-33(18-14-21(3)4)30(35)26-25-19-24(22(5)6)15-16-32(25,7)37-29(26)27(31(33)36)28(34)23-11-9-8-10-12-23/h8-14,19,22,25,30,34-35H,15-18H2,1-7H3/b28-27+/t25-,30?,32-/m1/s1. The molecule has 0 aromatic heterocycles. The van der Waals surface area contributed by atoms with E-state index in [0.29, 0.717) is 30.1 Å². The second kappa shape index (κ2) is 10.1. The quantitative estimate of drug-likeness (QED) is 0.238. The van der Waals surface area contributed by atoms with Crippen LogP contribution in [0.25, 0.3) is 5.76 Å². The summed E-state index contributed by atoms with van der Waals surface area (Å²) in [5.74, 6) is 0.264. The largest absolute Gasteiger partial charge is 0.506 e. The van der Waals surface area contributed by atoms with Gasteiger partial charge in [0, 0.05) is 17.1 Å². The average Bonchev–Trinajstić information content (AvgIpc) is 3.15. The first-order valence-electron chi connectivity index (χ1n) is 13.5. The van der Waals surface area contributed by atoms with Crippen LogP contribution in [-0.4, -0.2) is 27.7 Å². The van der Waals surface area contributed by atoms with E-state index in [1.807, 2.05) is 58.0 Å². The summed E-state index contributed by atoms with van der Waals surface area (Å²) >= 11 is 0. The van der Waals surface area contributed by atoms with Crippen molar-refractivity contribution in [2.75, 3.05) is 0 Å². The zero-order chi connectivity index (χ0) is 27.1. The first-order chi connectivity index (χ1) is 17.4. The van der Waals surface area contributed by atoms with Crippen molar-refractivity contribution in [1.29, 1.82) is 0 Å². The summed E-state index contributed by atoms with van der Waals surface area (Å²) in [7, 11) is 0. The maximum atomic E-state index is 14.6. The second-order valence-corrected chi connectivity index (χ2v) is 12.0. The fraction of sp³-hybridized carbons (Fsp3) is 0.485. The second-order valence-electron chi connectivity index (χ2n) is 12.0. The third kappa shape index (κ3) is 4.77. The van der Waals surface area contributed by atoms with Crippen molar-refractivity contribution in [2.45, 2.75) is 85.9 Å². The summed E-state index contributed by atoms with van der Waals surface area (Å²) < 4.78 is 6.63. The topological polar surface area (TPSA) is 66.8 Å². The van der Waals surface area contributed by atoms with Crippen LogP contribution in [0.15, 0.2) is 82.2 Å². The molecule has 2 N–H and O–H groups in total. The number of carbonyl (C=O) groups is 1. The Kier molecular flexibility index (Phi) is 7.45. The van der Waals surface area contributed by atoms with Gasteiger partial charge in [0.15, 0.2) is 5.78 Å². The van der Waals surface area contributed by atoms with Crippen molar-refractivity contribution in [3.05, 3.63) is 87.7 Å². The summed E-state index contributed by atoms with van der Waals surface area (Å²) in [6, 6.07) is 9.17. The molecule has 1 heterocycles. The van der Waals surface area contributed by atoms with E-state index >= 15 is 0 Å². The number of fused-ring (bicyclic) bond motifs is 2. The molecular formula is C33H42O4. The van der Waals surface area contributed by atoms with Crippen LogP contribution in [0.2, 0.25) is 0 Å². The Morgan fingerprint density at radius 3 is 2.22 bits per heavy atom. The predicted octanol–water partition coefficient (Wildman–Crippen LogP) is 7.63.